The molecule has 0 fully saturated rings. The third-order valence-electron chi connectivity index (χ3n) is 3.86. The Hall–Kier alpha value is -0.0800. The fourth-order valence-electron chi connectivity index (χ4n) is 3.06. The minimum Gasteiger partial charge on any atom is -0.394 e. The van der Waals surface area contributed by atoms with Gasteiger partial charge in [-0.05, 0) is 37.0 Å². The lowest BCUT2D eigenvalue weighted by atomic mass is 9.86. The molecule has 2 heteroatoms. The summed E-state index contributed by atoms with van der Waals surface area (Å²) in [6.45, 7) is 10.9. The number of ether oxygens (including phenoxy) is 1. The predicted octanol–water partition coefficient (Wildman–Crippen LogP) is 4.65. The van der Waals surface area contributed by atoms with E-state index in [9.17, 15) is 0 Å². The van der Waals surface area contributed by atoms with Gasteiger partial charge in [-0.15, -0.1) is 0 Å². The van der Waals surface area contributed by atoms with Crippen molar-refractivity contribution in [1.29, 1.82) is 0 Å². The van der Waals surface area contributed by atoms with E-state index in [-0.39, 0.29) is 6.61 Å². The maximum Gasteiger partial charge on any atom is 0.0697 e. The van der Waals surface area contributed by atoms with Crippen molar-refractivity contribution in [2.75, 3.05) is 19.8 Å². The summed E-state index contributed by atoms with van der Waals surface area (Å²) < 4.78 is 5.28. The van der Waals surface area contributed by atoms with Crippen molar-refractivity contribution in [2.24, 2.45) is 17.8 Å². The van der Waals surface area contributed by atoms with Crippen LogP contribution in [0.2, 0.25) is 0 Å². The molecule has 0 aromatic rings. The lowest BCUT2D eigenvalue weighted by Gasteiger charge is -2.20. The van der Waals surface area contributed by atoms with Crippen LogP contribution in [-0.4, -0.2) is 24.9 Å². The molecule has 0 bridgehead atoms. The molecule has 0 aromatic heterocycles. The van der Waals surface area contributed by atoms with Crippen LogP contribution in [0.15, 0.2) is 0 Å². The summed E-state index contributed by atoms with van der Waals surface area (Å²) in [4.78, 5) is 0. The van der Waals surface area contributed by atoms with Gasteiger partial charge in [-0.25, -0.2) is 0 Å². The third kappa shape index (κ3) is 12.7. The Morgan fingerprint density at radius 2 is 1.47 bits per heavy atom. The number of aliphatic hydroxyl groups excluding tert-OH is 1. The third-order valence-corrected chi connectivity index (χ3v) is 3.86. The van der Waals surface area contributed by atoms with E-state index in [1.54, 1.807) is 0 Å². The Morgan fingerprint density at radius 3 is 2.05 bits per heavy atom. The average molecular weight is 272 g/mol. The van der Waals surface area contributed by atoms with Gasteiger partial charge < -0.3 is 9.84 Å². The molecule has 0 saturated carbocycles. The summed E-state index contributed by atoms with van der Waals surface area (Å²) >= 11 is 0. The zero-order valence-electron chi connectivity index (χ0n) is 13.7. The summed E-state index contributed by atoms with van der Waals surface area (Å²) in [6.07, 6.45) is 9.14. The van der Waals surface area contributed by atoms with Gasteiger partial charge in [0.2, 0.25) is 0 Å². The van der Waals surface area contributed by atoms with Crippen molar-refractivity contribution in [3.05, 3.63) is 0 Å². The van der Waals surface area contributed by atoms with E-state index in [2.05, 4.69) is 27.7 Å². The number of hydrogen-bond donors (Lipinski definition) is 1. The summed E-state index contributed by atoms with van der Waals surface area (Å²) in [5.74, 6) is 2.59. The van der Waals surface area contributed by atoms with Gasteiger partial charge in [0.25, 0.3) is 0 Å². The Morgan fingerprint density at radius 1 is 0.842 bits per heavy atom. The molecular weight excluding hydrogens is 236 g/mol. The largest absolute Gasteiger partial charge is 0.394 e. The zero-order valence-corrected chi connectivity index (χ0v) is 13.7. The van der Waals surface area contributed by atoms with Crippen LogP contribution >= 0.6 is 0 Å². The van der Waals surface area contributed by atoms with Gasteiger partial charge in [0, 0.05) is 6.61 Å². The van der Waals surface area contributed by atoms with Gasteiger partial charge in [-0.2, -0.15) is 0 Å². The summed E-state index contributed by atoms with van der Waals surface area (Å²) in [5, 5.41) is 8.60. The quantitative estimate of drug-likeness (QED) is 0.494. The number of hydrogen-bond acceptors (Lipinski definition) is 2. The Labute approximate surface area is 120 Å². The SMILES string of the molecule is CCCC(C)CC(C)CC(C)CCCCOCCO. The standard InChI is InChI=1S/C17H36O2/c1-5-8-15(2)13-17(4)14-16(3)9-6-7-11-19-12-10-18/h15-18H,5-14H2,1-4H3. The molecule has 3 atom stereocenters. The van der Waals surface area contributed by atoms with Crippen molar-refractivity contribution in [3.8, 4) is 0 Å². The molecule has 1 N–H and O–H groups in total. The average Bonchev–Trinajstić information content (AvgIpc) is 2.33. The van der Waals surface area contributed by atoms with Crippen molar-refractivity contribution < 1.29 is 9.84 Å². The number of unbranched alkanes of at least 4 members (excludes halogenated alkanes) is 1. The van der Waals surface area contributed by atoms with Gasteiger partial charge >= 0.3 is 0 Å². The zero-order chi connectivity index (χ0) is 14.5. The summed E-state index contributed by atoms with van der Waals surface area (Å²) in [7, 11) is 0. The fraction of sp³-hybridized carbons (Fsp3) is 1.00. The molecule has 0 aliphatic heterocycles. The van der Waals surface area contributed by atoms with E-state index >= 15 is 0 Å². The van der Waals surface area contributed by atoms with E-state index in [1.807, 2.05) is 0 Å². The molecule has 0 heterocycles. The summed E-state index contributed by atoms with van der Waals surface area (Å²) in [6, 6.07) is 0. The van der Waals surface area contributed by atoms with Gasteiger partial charge in [0.1, 0.15) is 0 Å². The number of aliphatic hydroxyl groups is 1. The van der Waals surface area contributed by atoms with Crippen molar-refractivity contribution in [2.45, 2.75) is 72.6 Å². The second kappa shape index (κ2) is 12.9. The second-order valence-corrected chi connectivity index (χ2v) is 6.41. The molecule has 0 aliphatic carbocycles. The normalized spacial score (nSPS) is 16.3. The van der Waals surface area contributed by atoms with E-state index in [1.165, 1.54) is 38.5 Å². The first-order valence-electron chi connectivity index (χ1n) is 8.28. The van der Waals surface area contributed by atoms with Crippen LogP contribution in [-0.2, 0) is 4.74 Å². The van der Waals surface area contributed by atoms with E-state index in [0.717, 1.165) is 30.8 Å². The molecule has 19 heavy (non-hydrogen) atoms. The molecule has 0 radical (unpaired) electrons. The smallest absolute Gasteiger partial charge is 0.0697 e. The van der Waals surface area contributed by atoms with E-state index in [4.69, 9.17) is 9.84 Å². The van der Waals surface area contributed by atoms with Crippen molar-refractivity contribution in [3.63, 3.8) is 0 Å². The van der Waals surface area contributed by atoms with Crippen LogP contribution in [0.25, 0.3) is 0 Å². The molecule has 0 spiro atoms. The highest BCUT2D eigenvalue weighted by Gasteiger charge is 2.12. The molecule has 3 unspecified atom stereocenters. The molecule has 0 rings (SSSR count). The second-order valence-electron chi connectivity index (χ2n) is 6.41. The minimum absolute atomic E-state index is 0.143. The molecule has 0 aromatic carbocycles. The van der Waals surface area contributed by atoms with E-state index in [0.29, 0.717) is 6.61 Å². The van der Waals surface area contributed by atoms with Gasteiger partial charge in [-0.1, -0.05) is 53.4 Å². The van der Waals surface area contributed by atoms with Crippen LogP contribution in [0.4, 0.5) is 0 Å². The Balaban J connectivity index is 3.48. The first kappa shape index (κ1) is 18.9. The van der Waals surface area contributed by atoms with Crippen LogP contribution in [0, 0.1) is 17.8 Å². The van der Waals surface area contributed by atoms with Gasteiger partial charge in [0.05, 0.1) is 13.2 Å². The van der Waals surface area contributed by atoms with Crippen LogP contribution in [0.3, 0.4) is 0 Å². The van der Waals surface area contributed by atoms with Gasteiger partial charge in [0.15, 0.2) is 0 Å². The molecule has 0 amide bonds. The van der Waals surface area contributed by atoms with Gasteiger partial charge in [-0.3, -0.25) is 0 Å². The lowest BCUT2D eigenvalue weighted by molar-refractivity contribution is 0.0889. The fourth-order valence-corrected chi connectivity index (χ4v) is 3.06. The highest BCUT2D eigenvalue weighted by Crippen LogP contribution is 2.24. The molecule has 0 saturated heterocycles. The monoisotopic (exact) mass is 272 g/mol. The van der Waals surface area contributed by atoms with Crippen LogP contribution in [0.1, 0.15) is 72.6 Å². The predicted molar refractivity (Wildman–Crippen MR) is 83.4 cm³/mol. The van der Waals surface area contributed by atoms with Crippen molar-refractivity contribution >= 4 is 0 Å². The summed E-state index contributed by atoms with van der Waals surface area (Å²) in [5.41, 5.74) is 0. The maximum atomic E-state index is 8.60. The first-order chi connectivity index (χ1) is 9.10. The Bertz CT molecular complexity index is 182. The van der Waals surface area contributed by atoms with E-state index < -0.39 is 0 Å². The topological polar surface area (TPSA) is 29.5 Å². The van der Waals surface area contributed by atoms with Crippen molar-refractivity contribution in [1.82, 2.24) is 0 Å². The first-order valence-corrected chi connectivity index (χ1v) is 8.28. The molecule has 116 valence electrons. The molecule has 2 nitrogen and oxygen atoms in total. The number of rotatable bonds is 13. The Kier molecular flexibility index (Phi) is 12.9. The molecule has 0 aliphatic rings. The minimum atomic E-state index is 0.143. The highest BCUT2D eigenvalue weighted by atomic mass is 16.5. The van der Waals surface area contributed by atoms with Crippen LogP contribution in [0.5, 0.6) is 0 Å². The molecular formula is C17H36O2. The van der Waals surface area contributed by atoms with Crippen LogP contribution < -0.4 is 0 Å². The maximum absolute atomic E-state index is 8.60. The highest BCUT2D eigenvalue weighted by molar-refractivity contribution is 4.64. The lowest BCUT2D eigenvalue weighted by Crippen LogP contribution is -2.08.